The van der Waals surface area contributed by atoms with Crippen molar-refractivity contribution in [3.8, 4) is 0 Å². The summed E-state index contributed by atoms with van der Waals surface area (Å²) in [4.78, 5) is 0. The zero-order valence-corrected chi connectivity index (χ0v) is 7.40. The van der Waals surface area contributed by atoms with Crippen LogP contribution in [0.1, 0.15) is 0 Å². The van der Waals surface area contributed by atoms with Crippen molar-refractivity contribution >= 4 is 0 Å². The van der Waals surface area contributed by atoms with Crippen molar-refractivity contribution in [1.29, 1.82) is 0 Å². The van der Waals surface area contributed by atoms with Crippen molar-refractivity contribution < 1.29 is 61.4 Å². The van der Waals surface area contributed by atoms with E-state index < -0.39 is 0 Å². The Bertz CT molecular complexity index is 6.00. The molecule has 0 heterocycles. The van der Waals surface area contributed by atoms with Gasteiger partial charge in [-0.2, -0.15) is 0 Å². The van der Waals surface area contributed by atoms with Crippen LogP contribution in [0.4, 0.5) is 0 Å². The summed E-state index contributed by atoms with van der Waals surface area (Å²) >= 11 is 0. The predicted octanol–water partition coefficient (Wildman–Crippen LogP) is -6.00. The van der Waals surface area contributed by atoms with Crippen molar-refractivity contribution in [1.82, 2.24) is 0 Å². The largest absolute Gasteiger partial charge is 2.00 e. The van der Waals surface area contributed by atoms with Gasteiger partial charge in [0.25, 0.3) is 0 Å². The number of hydrogen-bond acceptors (Lipinski definition) is 0. The van der Waals surface area contributed by atoms with E-state index in [2.05, 4.69) is 0 Å². The standard InChI is InChI=1S/2ClH.Fe.Zn/h2*1H;;/q;;;+2/p-2. The fourth-order valence-electron chi connectivity index (χ4n) is 0. The first-order chi connectivity index (χ1) is 0. The van der Waals surface area contributed by atoms with Gasteiger partial charge in [-0.25, -0.2) is 0 Å². The average Bonchev–Trinajstić information content (AvgIpc) is 0. The molecule has 0 rings (SSSR count). The molecular weight excluding hydrogens is 192 g/mol. The SMILES string of the molecule is [Cl-].[Cl-].[Fe].[Zn+2]. The van der Waals surface area contributed by atoms with Crippen molar-refractivity contribution in [2.45, 2.75) is 0 Å². The Morgan fingerprint density at radius 2 is 0.750 bits per heavy atom. The van der Waals surface area contributed by atoms with Gasteiger partial charge in [-0.05, 0) is 0 Å². The van der Waals surface area contributed by atoms with E-state index in [4.69, 9.17) is 0 Å². The maximum Gasteiger partial charge on any atom is 2.00 e. The molecule has 0 saturated carbocycles. The molecule has 0 bridgehead atoms. The smallest absolute Gasteiger partial charge is 1.00 e. The van der Waals surface area contributed by atoms with Gasteiger partial charge in [0.05, 0.1) is 0 Å². The topological polar surface area (TPSA) is 0 Å². The Kier molecular flexibility index (Phi) is 237. The summed E-state index contributed by atoms with van der Waals surface area (Å²) in [6, 6.07) is 0. The summed E-state index contributed by atoms with van der Waals surface area (Å²) in [7, 11) is 0. The Hall–Kier alpha value is 1.72. The molecule has 0 radical (unpaired) electrons. The van der Waals surface area contributed by atoms with Gasteiger partial charge < -0.3 is 24.8 Å². The van der Waals surface area contributed by atoms with Gasteiger partial charge in [0, 0.05) is 17.1 Å². The first-order valence-corrected chi connectivity index (χ1v) is 0. The normalized spacial score (nSPS) is 0. The molecule has 0 atom stereocenters. The molecule has 4 heavy (non-hydrogen) atoms. The molecular formula is Cl2FeZn. The second-order valence-electron chi connectivity index (χ2n) is 0. The first-order valence-electron chi connectivity index (χ1n) is 0. The van der Waals surface area contributed by atoms with E-state index in [1.807, 2.05) is 0 Å². The van der Waals surface area contributed by atoms with Crippen LogP contribution in [0, 0.1) is 0 Å². The van der Waals surface area contributed by atoms with Crippen LogP contribution < -0.4 is 24.8 Å². The van der Waals surface area contributed by atoms with Crippen molar-refractivity contribution in [2.75, 3.05) is 0 Å². The van der Waals surface area contributed by atoms with Crippen LogP contribution in [0.2, 0.25) is 0 Å². The molecule has 0 aliphatic carbocycles. The van der Waals surface area contributed by atoms with Gasteiger partial charge >= 0.3 is 19.5 Å². The zero-order chi connectivity index (χ0) is 0. The molecule has 4 heteroatoms. The van der Waals surface area contributed by atoms with Crippen LogP contribution in [0.25, 0.3) is 0 Å². The molecule has 0 aliphatic rings. The fourth-order valence-corrected chi connectivity index (χ4v) is 0. The summed E-state index contributed by atoms with van der Waals surface area (Å²) in [5.41, 5.74) is 0. The van der Waals surface area contributed by atoms with Crippen LogP contribution in [-0.4, -0.2) is 0 Å². The van der Waals surface area contributed by atoms with Crippen LogP contribution in [0.15, 0.2) is 0 Å². The summed E-state index contributed by atoms with van der Waals surface area (Å²) < 4.78 is 0. The van der Waals surface area contributed by atoms with E-state index in [-0.39, 0.29) is 61.4 Å². The number of rotatable bonds is 0. The summed E-state index contributed by atoms with van der Waals surface area (Å²) in [5.74, 6) is 0. The first kappa shape index (κ1) is 43.0. The number of halogens is 2. The van der Waals surface area contributed by atoms with Crippen LogP contribution in [0.5, 0.6) is 0 Å². The fraction of sp³-hybridized carbons (Fsp3) is 0. The molecule has 0 amide bonds. The van der Waals surface area contributed by atoms with Gasteiger partial charge in [0.1, 0.15) is 0 Å². The summed E-state index contributed by atoms with van der Waals surface area (Å²) in [6.07, 6.45) is 0. The maximum absolute atomic E-state index is 0. The second kappa shape index (κ2) is 22.1. The third kappa shape index (κ3) is 9.30. The third-order valence-electron chi connectivity index (χ3n) is 0. The van der Waals surface area contributed by atoms with Crippen molar-refractivity contribution in [3.63, 3.8) is 0 Å². The summed E-state index contributed by atoms with van der Waals surface area (Å²) in [6.45, 7) is 0. The van der Waals surface area contributed by atoms with Gasteiger partial charge in [0.2, 0.25) is 0 Å². The minimum absolute atomic E-state index is 0. The molecule has 0 unspecified atom stereocenters. The Morgan fingerprint density at radius 3 is 0.750 bits per heavy atom. The van der Waals surface area contributed by atoms with Crippen molar-refractivity contribution in [3.05, 3.63) is 0 Å². The van der Waals surface area contributed by atoms with E-state index in [9.17, 15) is 0 Å². The quantitative estimate of drug-likeness (QED) is 0.335. The molecule has 0 N–H and O–H groups in total. The maximum atomic E-state index is 0. The predicted molar refractivity (Wildman–Crippen MR) is 0 cm³/mol. The van der Waals surface area contributed by atoms with E-state index in [1.165, 1.54) is 0 Å². The molecule has 0 aliphatic heterocycles. The second-order valence-corrected chi connectivity index (χ2v) is 0. The van der Waals surface area contributed by atoms with Crippen LogP contribution in [0.3, 0.4) is 0 Å². The van der Waals surface area contributed by atoms with Crippen LogP contribution in [-0.2, 0) is 36.5 Å². The average molecular weight is 192 g/mol. The molecule has 0 aromatic heterocycles. The van der Waals surface area contributed by atoms with Gasteiger partial charge in [-0.15, -0.1) is 0 Å². The molecule has 24 valence electrons. The van der Waals surface area contributed by atoms with Crippen molar-refractivity contribution in [2.24, 2.45) is 0 Å². The van der Waals surface area contributed by atoms with E-state index in [1.54, 1.807) is 0 Å². The van der Waals surface area contributed by atoms with Gasteiger partial charge in [-0.1, -0.05) is 0 Å². The van der Waals surface area contributed by atoms with E-state index in [0.717, 1.165) is 0 Å². The molecule has 0 spiro atoms. The Morgan fingerprint density at radius 1 is 0.750 bits per heavy atom. The molecule has 0 fully saturated rings. The van der Waals surface area contributed by atoms with E-state index in [0.29, 0.717) is 0 Å². The minimum Gasteiger partial charge on any atom is -1.00 e. The molecule has 0 saturated heterocycles. The Labute approximate surface area is 61.2 Å². The minimum atomic E-state index is 0. The Balaban J connectivity index is 0. The summed E-state index contributed by atoms with van der Waals surface area (Å²) in [5, 5.41) is 0. The molecule has 0 aromatic rings. The molecule has 0 nitrogen and oxygen atoms in total. The van der Waals surface area contributed by atoms with E-state index >= 15 is 0 Å². The molecule has 0 aromatic carbocycles. The monoisotopic (exact) mass is 190 g/mol. The van der Waals surface area contributed by atoms with Gasteiger partial charge in [0.15, 0.2) is 0 Å². The number of hydrogen-bond donors (Lipinski definition) is 0. The van der Waals surface area contributed by atoms with Gasteiger partial charge in [-0.3, -0.25) is 0 Å². The zero-order valence-electron chi connectivity index (χ0n) is 1.82. The third-order valence-corrected chi connectivity index (χ3v) is 0. The van der Waals surface area contributed by atoms with Crippen LogP contribution >= 0.6 is 0 Å².